The van der Waals surface area contributed by atoms with E-state index in [0.717, 1.165) is 5.56 Å². The molecule has 0 amide bonds. The van der Waals surface area contributed by atoms with Crippen LogP contribution >= 0.6 is 0 Å². The highest BCUT2D eigenvalue weighted by molar-refractivity contribution is 5.36. The number of nitrogens with zero attached hydrogens (tertiary/aromatic N) is 2. The van der Waals surface area contributed by atoms with Crippen LogP contribution in [0, 0.1) is 0 Å². The highest BCUT2D eigenvalue weighted by Gasteiger charge is 2.25. The molecule has 0 aliphatic carbocycles. The van der Waals surface area contributed by atoms with Crippen LogP contribution in [0.2, 0.25) is 0 Å². The fourth-order valence-electron chi connectivity index (χ4n) is 1.66. The summed E-state index contributed by atoms with van der Waals surface area (Å²) in [6.07, 6.45) is 3.41. The van der Waals surface area contributed by atoms with Crippen LogP contribution in [0.25, 0.3) is 0 Å². The van der Waals surface area contributed by atoms with Gasteiger partial charge in [0.05, 0.1) is 5.54 Å². The van der Waals surface area contributed by atoms with Crippen molar-refractivity contribution in [3.8, 4) is 0 Å². The third-order valence-corrected chi connectivity index (χ3v) is 2.77. The maximum atomic E-state index is 5.87. The van der Waals surface area contributed by atoms with Crippen molar-refractivity contribution in [2.45, 2.75) is 12.5 Å². The number of anilines is 1. The van der Waals surface area contributed by atoms with Crippen LogP contribution in [0.3, 0.4) is 0 Å². The van der Waals surface area contributed by atoms with Gasteiger partial charge in [-0.3, -0.25) is 0 Å². The number of hydrogen-bond acceptors (Lipinski definition) is 4. The largest absolute Gasteiger partial charge is 0.344 e. The molecule has 1 atom stereocenters. The smallest absolute Gasteiger partial charge is 0.223 e. The molecule has 0 aliphatic heterocycles. The normalized spacial score (nSPS) is 14.0. The van der Waals surface area contributed by atoms with Crippen LogP contribution in [-0.4, -0.2) is 16.5 Å². The van der Waals surface area contributed by atoms with Crippen molar-refractivity contribution in [1.29, 1.82) is 0 Å². The minimum atomic E-state index is -0.359. The second-order valence-corrected chi connectivity index (χ2v) is 4.10. The lowest BCUT2D eigenvalue weighted by atomic mass is 9.92. The lowest BCUT2D eigenvalue weighted by Crippen LogP contribution is -2.40. The average Bonchev–Trinajstić information content (AvgIpc) is 2.41. The molecular weight excluding hydrogens is 212 g/mol. The molecule has 1 unspecified atom stereocenters. The Labute approximate surface area is 101 Å². The van der Waals surface area contributed by atoms with Gasteiger partial charge in [0.1, 0.15) is 0 Å². The molecule has 2 rings (SSSR count). The molecule has 0 saturated carbocycles. The van der Waals surface area contributed by atoms with Gasteiger partial charge >= 0.3 is 0 Å². The summed E-state index contributed by atoms with van der Waals surface area (Å²) in [6, 6.07) is 11.9. The van der Waals surface area contributed by atoms with E-state index in [4.69, 9.17) is 5.73 Å². The minimum absolute atomic E-state index is 0.359. The number of nitrogens with two attached hydrogens (primary N) is 1. The standard InChI is InChI=1S/C13H16N4/c1-13(10-14,11-6-3-2-4-7-11)17-12-15-8-5-9-16-12/h2-9H,10,14H2,1H3,(H,15,16,17). The Bertz CT molecular complexity index is 457. The van der Waals surface area contributed by atoms with E-state index in [1.54, 1.807) is 18.5 Å². The molecular formula is C13H16N4. The molecule has 1 aromatic heterocycles. The van der Waals surface area contributed by atoms with Gasteiger partial charge < -0.3 is 11.1 Å². The fraction of sp³-hybridized carbons (Fsp3) is 0.231. The molecule has 0 fully saturated rings. The molecule has 3 N–H and O–H groups in total. The topological polar surface area (TPSA) is 63.8 Å². The van der Waals surface area contributed by atoms with Gasteiger partial charge in [0, 0.05) is 18.9 Å². The Kier molecular flexibility index (Phi) is 3.35. The van der Waals surface area contributed by atoms with Gasteiger partial charge in [0.25, 0.3) is 0 Å². The minimum Gasteiger partial charge on any atom is -0.344 e. The van der Waals surface area contributed by atoms with Crippen LogP contribution in [-0.2, 0) is 5.54 Å². The third kappa shape index (κ3) is 2.60. The molecule has 0 aliphatic rings. The molecule has 1 aromatic carbocycles. The van der Waals surface area contributed by atoms with E-state index in [9.17, 15) is 0 Å². The summed E-state index contributed by atoms with van der Waals surface area (Å²) in [6.45, 7) is 2.51. The predicted molar refractivity (Wildman–Crippen MR) is 68.5 cm³/mol. The summed E-state index contributed by atoms with van der Waals surface area (Å²) in [5.41, 5.74) is 6.63. The number of benzene rings is 1. The molecule has 88 valence electrons. The Balaban J connectivity index is 2.27. The van der Waals surface area contributed by atoms with Gasteiger partial charge in [-0.2, -0.15) is 0 Å². The number of hydrogen-bond donors (Lipinski definition) is 2. The van der Waals surface area contributed by atoms with E-state index in [0.29, 0.717) is 12.5 Å². The lowest BCUT2D eigenvalue weighted by molar-refractivity contribution is 0.550. The van der Waals surface area contributed by atoms with E-state index < -0.39 is 0 Å². The van der Waals surface area contributed by atoms with Crippen LogP contribution in [0.15, 0.2) is 48.8 Å². The Morgan fingerprint density at radius 2 is 1.76 bits per heavy atom. The molecule has 4 heteroatoms. The van der Waals surface area contributed by atoms with Gasteiger partial charge in [-0.15, -0.1) is 0 Å². The zero-order chi connectivity index (χ0) is 12.1. The molecule has 1 heterocycles. The molecule has 4 nitrogen and oxygen atoms in total. The van der Waals surface area contributed by atoms with Crippen molar-refractivity contribution in [2.75, 3.05) is 11.9 Å². The SMILES string of the molecule is CC(CN)(Nc1ncccn1)c1ccccc1. The second kappa shape index (κ2) is 4.93. The zero-order valence-corrected chi connectivity index (χ0v) is 9.80. The first-order valence-electron chi connectivity index (χ1n) is 5.55. The lowest BCUT2D eigenvalue weighted by Gasteiger charge is -2.29. The molecule has 0 saturated heterocycles. The van der Waals surface area contributed by atoms with Gasteiger partial charge in [-0.1, -0.05) is 30.3 Å². The molecule has 0 radical (unpaired) electrons. The first-order valence-corrected chi connectivity index (χ1v) is 5.55. The number of aromatic nitrogens is 2. The Morgan fingerprint density at radius 3 is 2.35 bits per heavy atom. The van der Waals surface area contributed by atoms with Gasteiger partial charge in [0.15, 0.2) is 0 Å². The van der Waals surface area contributed by atoms with Crippen LogP contribution < -0.4 is 11.1 Å². The fourth-order valence-corrected chi connectivity index (χ4v) is 1.66. The maximum absolute atomic E-state index is 5.87. The summed E-state index contributed by atoms with van der Waals surface area (Å²) < 4.78 is 0. The quantitative estimate of drug-likeness (QED) is 0.837. The first-order chi connectivity index (χ1) is 8.24. The maximum Gasteiger partial charge on any atom is 0.223 e. The monoisotopic (exact) mass is 228 g/mol. The van der Waals surface area contributed by atoms with Crippen molar-refractivity contribution in [3.05, 3.63) is 54.4 Å². The molecule has 2 aromatic rings. The van der Waals surface area contributed by atoms with E-state index in [2.05, 4.69) is 15.3 Å². The van der Waals surface area contributed by atoms with Crippen LogP contribution in [0.4, 0.5) is 5.95 Å². The summed E-state index contributed by atoms with van der Waals surface area (Å²) in [5, 5.41) is 3.27. The van der Waals surface area contributed by atoms with Crippen molar-refractivity contribution in [3.63, 3.8) is 0 Å². The highest BCUT2D eigenvalue weighted by atomic mass is 15.1. The van der Waals surface area contributed by atoms with Crippen molar-refractivity contribution in [1.82, 2.24) is 9.97 Å². The van der Waals surface area contributed by atoms with E-state index in [1.165, 1.54) is 0 Å². The first kappa shape index (κ1) is 11.5. The highest BCUT2D eigenvalue weighted by Crippen LogP contribution is 2.22. The van der Waals surface area contributed by atoms with E-state index in [1.807, 2.05) is 37.3 Å². The second-order valence-electron chi connectivity index (χ2n) is 4.10. The van der Waals surface area contributed by atoms with Crippen molar-refractivity contribution in [2.24, 2.45) is 5.73 Å². The van der Waals surface area contributed by atoms with Gasteiger partial charge in [-0.05, 0) is 18.6 Å². The average molecular weight is 228 g/mol. The van der Waals surface area contributed by atoms with Gasteiger partial charge in [-0.25, -0.2) is 9.97 Å². The number of rotatable bonds is 4. The van der Waals surface area contributed by atoms with Crippen LogP contribution in [0.5, 0.6) is 0 Å². The van der Waals surface area contributed by atoms with E-state index in [-0.39, 0.29) is 5.54 Å². The van der Waals surface area contributed by atoms with Crippen molar-refractivity contribution < 1.29 is 0 Å². The Hall–Kier alpha value is -1.94. The predicted octanol–water partition coefficient (Wildman–Crippen LogP) is 1.76. The zero-order valence-electron chi connectivity index (χ0n) is 9.80. The summed E-state index contributed by atoms with van der Waals surface area (Å²) in [5.74, 6) is 0.587. The van der Waals surface area contributed by atoms with Gasteiger partial charge in [0.2, 0.25) is 5.95 Å². The molecule has 0 spiro atoms. The number of nitrogens with one attached hydrogen (secondary N) is 1. The Morgan fingerprint density at radius 1 is 1.12 bits per heavy atom. The van der Waals surface area contributed by atoms with Crippen molar-refractivity contribution >= 4 is 5.95 Å². The third-order valence-electron chi connectivity index (χ3n) is 2.77. The van der Waals surface area contributed by atoms with E-state index >= 15 is 0 Å². The summed E-state index contributed by atoms with van der Waals surface area (Å²) >= 11 is 0. The molecule has 0 bridgehead atoms. The summed E-state index contributed by atoms with van der Waals surface area (Å²) in [4.78, 5) is 8.32. The summed E-state index contributed by atoms with van der Waals surface area (Å²) in [7, 11) is 0. The molecule has 17 heavy (non-hydrogen) atoms. The van der Waals surface area contributed by atoms with Crippen LogP contribution in [0.1, 0.15) is 12.5 Å².